The van der Waals surface area contributed by atoms with Gasteiger partial charge in [0.1, 0.15) is 0 Å². The minimum absolute atomic E-state index is 0. The van der Waals surface area contributed by atoms with Crippen LogP contribution in [0.3, 0.4) is 0 Å². The zero-order valence-electron chi connectivity index (χ0n) is 24.6. The van der Waals surface area contributed by atoms with Crippen LogP contribution in [0.5, 0.6) is 0 Å². The van der Waals surface area contributed by atoms with Gasteiger partial charge in [0.15, 0.2) is 0 Å². The summed E-state index contributed by atoms with van der Waals surface area (Å²) in [5, 5.41) is 0. The van der Waals surface area contributed by atoms with Crippen LogP contribution < -0.4 is 4.90 Å². The number of para-hydroxylation sites is 1. The molecule has 1 heterocycles. The summed E-state index contributed by atoms with van der Waals surface area (Å²) in [7, 11) is 4.53. The van der Waals surface area contributed by atoms with Gasteiger partial charge in [-0.2, -0.15) is 0 Å². The van der Waals surface area contributed by atoms with Gasteiger partial charge in [0.05, 0.1) is 0 Å². The molecule has 3 heteroatoms. The molecule has 1 nitrogen and oxygen atoms in total. The molecule has 0 aromatic heterocycles. The normalized spacial score (nSPS) is 21.6. The number of halogens is 1. The van der Waals surface area contributed by atoms with Crippen LogP contribution in [-0.4, -0.2) is 12.1 Å². The van der Waals surface area contributed by atoms with E-state index in [0.29, 0.717) is 17.3 Å². The van der Waals surface area contributed by atoms with Crippen LogP contribution in [-0.2, 0) is 17.3 Å². The van der Waals surface area contributed by atoms with Crippen LogP contribution >= 0.6 is 9.69 Å². The maximum atomic E-state index is 4.53. The molecule has 1 saturated heterocycles. The molecule has 1 saturated carbocycles. The number of benzene rings is 1. The summed E-state index contributed by atoms with van der Waals surface area (Å²) in [6, 6.07) is 7.01. The molecule has 1 spiro atoms. The van der Waals surface area contributed by atoms with E-state index in [9.17, 15) is 0 Å². The first-order valence-electron chi connectivity index (χ1n) is 13.6. The molecule has 36 heavy (non-hydrogen) atoms. The molecule has 1 aliphatic heterocycles. The van der Waals surface area contributed by atoms with E-state index in [0.717, 1.165) is 0 Å². The first kappa shape index (κ1) is 35.4. The zero-order valence-corrected chi connectivity index (χ0v) is 27.0. The van der Waals surface area contributed by atoms with Crippen molar-refractivity contribution in [2.75, 3.05) is 11.4 Å². The summed E-state index contributed by atoms with van der Waals surface area (Å²) in [5.74, 6) is 1.16. The Bertz CT molecular complexity index is 735. The van der Waals surface area contributed by atoms with Crippen molar-refractivity contribution in [2.24, 2.45) is 5.41 Å². The van der Waals surface area contributed by atoms with Gasteiger partial charge >= 0.3 is 27.0 Å². The van der Waals surface area contributed by atoms with E-state index >= 15 is 0 Å². The number of nitrogens with zero attached hydrogens (tertiary/aromatic N) is 1. The predicted octanol–water partition coefficient (Wildman–Crippen LogP) is 11.1. The van der Waals surface area contributed by atoms with E-state index in [4.69, 9.17) is 0 Å². The summed E-state index contributed by atoms with van der Waals surface area (Å²) in [4.78, 5) is 2.81. The Kier molecular flexibility index (Phi) is 16.8. The molecule has 0 atom stereocenters. The number of allylic oxidation sites excluding steroid dienone is 4. The molecule has 2 aliphatic carbocycles. The zero-order chi connectivity index (χ0) is 25.2. The third kappa shape index (κ3) is 9.62. The fourth-order valence-electron chi connectivity index (χ4n) is 6.32. The van der Waals surface area contributed by atoms with Crippen LogP contribution in [0.2, 0.25) is 0 Å². The monoisotopic (exact) mass is 603 g/mol. The van der Waals surface area contributed by atoms with Crippen LogP contribution in [0.25, 0.3) is 0 Å². The quantitative estimate of drug-likeness (QED) is 0.189. The number of anilines is 1. The van der Waals surface area contributed by atoms with Crippen LogP contribution in [0.1, 0.15) is 129 Å². The van der Waals surface area contributed by atoms with Crippen molar-refractivity contribution in [3.63, 3.8) is 0 Å². The summed E-state index contributed by atoms with van der Waals surface area (Å²) < 4.78 is 0. The van der Waals surface area contributed by atoms with E-state index in [1.54, 1.807) is 16.8 Å². The fraction of sp³-hybridized carbons (Fsp3) is 0.636. The first-order chi connectivity index (χ1) is 16.3. The average Bonchev–Trinajstić information content (AvgIpc) is 3.04. The van der Waals surface area contributed by atoms with Crippen molar-refractivity contribution < 1.29 is 17.3 Å². The Balaban J connectivity index is 0.000000869. The van der Waals surface area contributed by atoms with Gasteiger partial charge in [-0.3, -0.25) is 0 Å². The van der Waals surface area contributed by atoms with Crippen molar-refractivity contribution in [3.05, 3.63) is 68.5 Å². The second-order valence-corrected chi connectivity index (χ2v) is 11.8. The predicted molar refractivity (Wildman–Crippen MR) is 162 cm³/mol. The third-order valence-electron chi connectivity index (χ3n) is 7.89. The Morgan fingerprint density at radius 3 is 1.56 bits per heavy atom. The van der Waals surface area contributed by atoms with Crippen LogP contribution in [0, 0.1) is 20.3 Å². The standard InChI is InChI=1S/C23H37N.C8H12.2CH3.ClH.Rh/c1-17(2)19-11-10-12-20(18(3)4)21(19)24-16-23(15-22(24,5)6)13-8-7-9-14-23;1-2-4-6-8-7-5-3-1;;;;/h10-12,17-18H,7-9,13-16H2,1-6H3;1-2,7-8H,3-6H2;2*1H3;1H;/q;;2*-1;;+3/p-1/b;2-1-,8-7-;;;;. The molecule has 0 bridgehead atoms. The molecule has 1 aromatic carbocycles. The maximum absolute atomic E-state index is 4.53. The van der Waals surface area contributed by atoms with Gasteiger partial charge in [-0.25, -0.2) is 0 Å². The summed E-state index contributed by atoms with van der Waals surface area (Å²) in [6.45, 7) is 15.6. The van der Waals surface area contributed by atoms with Gasteiger partial charge in [-0.05, 0) is 87.2 Å². The summed E-state index contributed by atoms with van der Waals surface area (Å²) in [6.07, 6.45) is 22.6. The van der Waals surface area contributed by atoms with E-state index in [-0.39, 0.29) is 20.4 Å². The van der Waals surface area contributed by atoms with Crippen molar-refractivity contribution >= 4 is 15.4 Å². The van der Waals surface area contributed by atoms with Crippen molar-refractivity contribution in [1.29, 1.82) is 0 Å². The fourth-order valence-corrected chi connectivity index (χ4v) is 6.32. The molecule has 0 unspecified atom stereocenters. The van der Waals surface area contributed by atoms with Gasteiger partial charge in [0.25, 0.3) is 0 Å². The Labute approximate surface area is 240 Å². The van der Waals surface area contributed by atoms with Crippen molar-refractivity contribution in [2.45, 2.75) is 123 Å². The molecule has 4 rings (SSSR count). The first-order valence-corrected chi connectivity index (χ1v) is 15.7. The molecular weight excluding hydrogens is 549 g/mol. The molecule has 0 amide bonds. The number of rotatable bonds is 3. The van der Waals surface area contributed by atoms with Crippen LogP contribution in [0.15, 0.2) is 42.5 Å². The second-order valence-electron chi connectivity index (χ2n) is 11.8. The Morgan fingerprint density at radius 2 is 1.17 bits per heavy atom. The molecular formula is C33H55ClNRh. The third-order valence-corrected chi connectivity index (χ3v) is 7.89. The van der Waals surface area contributed by atoms with Gasteiger partial charge in [0.2, 0.25) is 0 Å². The van der Waals surface area contributed by atoms with Gasteiger partial charge in [0, 0.05) is 17.8 Å². The van der Waals surface area contributed by atoms with E-state index in [2.05, 4.69) is 98.6 Å². The molecule has 0 radical (unpaired) electrons. The Morgan fingerprint density at radius 1 is 0.750 bits per heavy atom. The van der Waals surface area contributed by atoms with Crippen molar-refractivity contribution in [3.8, 4) is 0 Å². The molecule has 0 N–H and O–H groups in total. The SMILES string of the molecule is C1=C\CC/C=C\CC/1.CC(C)c1cccc(C(C)C)c1N1CC2(CCCCC2)CC1(C)C.[CH3-].[CH3-].[Cl][Rh+2]. The van der Waals surface area contributed by atoms with Gasteiger partial charge in [-0.1, -0.05) is 89.5 Å². The number of hydrogen-bond donors (Lipinski definition) is 0. The van der Waals surface area contributed by atoms with Crippen molar-refractivity contribution in [1.82, 2.24) is 0 Å². The molecule has 2 fully saturated rings. The van der Waals surface area contributed by atoms with Gasteiger partial charge < -0.3 is 19.8 Å². The van der Waals surface area contributed by atoms with E-state index < -0.39 is 0 Å². The molecule has 1 aromatic rings. The minimum atomic E-state index is 0. The summed E-state index contributed by atoms with van der Waals surface area (Å²) >= 11 is 2.02. The molecule has 208 valence electrons. The Hall–Kier alpha value is -0.587. The van der Waals surface area contributed by atoms with E-state index in [1.165, 1.54) is 70.8 Å². The van der Waals surface area contributed by atoms with E-state index in [1.807, 2.05) is 17.3 Å². The van der Waals surface area contributed by atoms with Crippen LogP contribution in [0.4, 0.5) is 5.69 Å². The van der Waals surface area contributed by atoms with Gasteiger partial charge in [-0.15, -0.1) is 0 Å². The topological polar surface area (TPSA) is 3.24 Å². The summed E-state index contributed by atoms with van der Waals surface area (Å²) in [5.41, 5.74) is 5.49. The molecule has 3 aliphatic rings. The number of hydrogen-bond acceptors (Lipinski definition) is 1. The second kappa shape index (κ2) is 17.1. The average molecular weight is 604 g/mol.